The van der Waals surface area contributed by atoms with E-state index in [1.54, 1.807) is 4.80 Å². The highest BCUT2D eigenvalue weighted by Gasteiger charge is 2.48. The molecule has 0 saturated heterocycles. The highest BCUT2D eigenvalue weighted by atomic mass is 16.5. The number of carbonyl (C=O) groups excluding carboxylic acids is 1. The standard InChI is InChI=1S/C21H38N4O2/c1-3-5-6-7-8-9-10-11-12-15-18-25-23-19(22-24-25)21(16-13-14-17-21)20(26)27-4-2/h3-18H2,1-2H3. The Labute approximate surface area is 164 Å². The highest BCUT2D eigenvalue weighted by Crippen LogP contribution is 2.40. The van der Waals surface area contributed by atoms with Gasteiger partial charge >= 0.3 is 5.97 Å². The molecule has 27 heavy (non-hydrogen) atoms. The first kappa shape index (κ1) is 21.8. The molecular weight excluding hydrogens is 340 g/mol. The van der Waals surface area contributed by atoms with E-state index in [1.165, 1.54) is 57.8 Å². The number of aromatic nitrogens is 4. The summed E-state index contributed by atoms with van der Waals surface area (Å²) in [5, 5.41) is 12.9. The van der Waals surface area contributed by atoms with Crippen molar-refractivity contribution in [1.82, 2.24) is 20.2 Å². The van der Waals surface area contributed by atoms with E-state index in [-0.39, 0.29) is 5.97 Å². The van der Waals surface area contributed by atoms with E-state index in [2.05, 4.69) is 22.3 Å². The highest BCUT2D eigenvalue weighted by molar-refractivity contribution is 5.82. The molecule has 1 saturated carbocycles. The fraction of sp³-hybridized carbons (Fsp3) is 0.905. The van der Waals surface area contributed by atoms with Crippen LogP contribution in [0.15, 0.2) is 0 Å². The number of hydrogen-bond donors (Lipinski definition) is 0. The lowest BCUT2D eigenvalue weighted by Crippen LogP contribution is -2.36. The van der Waals surface area contributed by atoms with Crippen molar-refractivity contribution in [3.8, 4) is 0 Å². The van der Waals surface area contributed by atoms with Gasteiger partial charge in [0.05, 0.1) is 13.2 Å². The van der Waals surface area contributed by atoms with Crippen molar-refractivity contribution >= 4 is 5.97 Å². The summed E-state index contributed by atoms with van der Waals surface area (Å²) in [6.45, 7) is 5.28. The average molecular weight is 379 g/mol. The molecule has 1 aromatic rings. The second kappa shape index (κ2) is 12.1. The summed E-state index contributed by atoms with van der Waals surface area (Å²) in [5.74, 6) is 0.381. The Hall–Kier alpha value is -1.46. The van der Waals surface area contributed by atoms with E-state index in [0.717, 1.165) is 38.6 Å². The van der Waals surface area contributed by atoms with Gasteiger partial charge in [0.15, 0.2) is 5.82 Å². The molecule has 0 bridgehead atoms. The molecule has 0 aliphatic heterocycles. The third-order valence-corrected chi connectivity index (χ3v) is 5.72. The van der Waals surface area contributed by atoms with Crippen molar-refractivity contribution in [1.29, 1.82) is 0 Å². The molecule has 0 spiro atoms. The number of hydrogen-bond acceptors (Lipinski definition) is 5. The maximum atomic E-state index is 12.5. The predicted octanol–water partition coefficient (Wildman–Crippen LogP) is 4.97. The molecule has 1 aromatic heterocycles. The zero-order valence-corrected chi connectivity index (χ0v) is 17.4. The maximum Gasteiger partial charge on any atom is 0.319 e. The van der Waals surface area contributed by atoms with Crippen LogP contribution in [0.3, 0.4) is 0 Å². The van der Waals surface area contributed by atoms with Gasteiger partial charge in [0.1, 0.15) is 5.41 Å². The second-order valence-electron chi connectivity index (χ2n) is 7.90. The number of rotatable bonds is 14. The van der Waals surface area contributed by atoms with Crippen LogP contribution in [0.4, 0.5) is 0 Å². The van der Waals surface area contributed by atoms with Crippen molar-refractivity contribution in [3.63, 3.8) is 0 Å². The molecule has 0 N–H and O–H groups in total. The molecule has 154 valence electrons. The molecule has 1 aliphatic carbocycles. The van der Waals surface area contributed by atoms with Crippen LogP contribution in [0, 0.1) is 0 Å². The van der Waals surface area contributed by atoms with Gasteiger partial charge in [0, 0.05) is 0 Å². The fourth-order valence-electron chi connectivity index (χ4n) is 4.04. The molecular formula is C21H38N4O2. The van der Waals surface area contributed by atoms with Crippen molar-refractivity contribution in [2.75, 3.05) is 6.61 Å². The number of aryl methyl sites for hydroxylation is 1. The fourth-order valence-corrected chi connectivity index (χ4v) is 4.04. The summed E-state index contributed by atoms with van der Waals surface area (Å²) < 4.78 is 5.30. The quantitative estimate of drug-likeness (QED) is 0.338. The zero-order chi connectivity index (χ0) is 19.4. The normalized spacial score (nSPS) is 15.9. The molecule has 1 heterocycles. The molecule has 0 atom stereocenters. The molecule has 0 radical (unpaired) electrons. The van der Waals surface area contributed by atoms with E-state index in [0.29, 0.717) is 12.4 Å². The Morgan fingerprint density at radius 1 is 0.963 bits per heavy atom. The monoisotopic (exact) mass is 378 g/mol. The number of nitrogens with zero attached hydrogens (tertiary/aromatic N) is 4. The van der Waals surface area contributed by atoms with Crippen LogP contribution in [0.2, 0.25) is 0 Å². The van der Waals surface area contributed by atoms with Gasteiger partial charge in [-0.05, 0) is 31.4 Å². The molecule has 1 aliphatic rings. The van der Waals surface area contributed by atoms with Crippen LogP contribution < -0.4 is 0 Å². The third kappa shape index (κ3) is 6.58. The lowest BCUT2D eigenvalue weighted by Gasteiger charge is -2.22. The summed E-state index contributed by atoms with van der Waals surface area (Å²) in [7, 11) is 0. The molecule has 1 fully saturated rings. The van der Waals surface area contributed by atoms with E-state index in [9.17, 15) is 4.79 Å². The van der Waals surface area contributed by atoms with E-state index in [4.69, 9.17) is 4.74 Å². The van der Waals surface area contributed by atoms with E-state index in [1.807, 2.05) is 6.92 Å². The lowest BCUT2D eigenvalue weighted by atomic mass is 9.85. The topological polar surface area (TPSA) is 69.9 Å². The van der Waals surface area contributed by atoms with Gasteiger partial charge in [-0.15, -0.1) is 10.2 Å². The first-order valence-corrected chi connectivity index (χ1v) is 11.2. The Kier molecular flexibility index (Phi) is 9.78. The summed E-state index contributed by atoms with van der Waals surface area (Å²) in [4.78, 5) is 14.1. The number of unbranched alkanes of at least 4 members (excludes halogenated alkanes) is 9. The Balaban J connectivity index is 1.67. The summed E-state index contributed by atoms with van der Waals surface area (Å²) >= 11 is 0. The molecule has 6 heteroatoms. The van der Waals surface area contributed by atoms with Crippen LogP contribution in [-0.4, -0.2) is 32.8 Å². The van der Waals surface area contributed by atoms with Crippen molar-refractivity contribution in [2.45, 2.75) is 116 Å². The van der Waals surface area contributed by atoms with E-state index < -0.39 is 5.41 Å². The van der Waals surface area contributed by atoms with E-state index >= 15 is 0 Å². The molecule has 0 amide bonds. The lowest BCUT2D eigenvalue weighted by molar-refractivity contribution is -0.150. The van der Waals surface area contributed by atoms with Crippen molar-refractivity contribution in [2.24, 2.45) is 0 Å². The number of esters is 1. The van der Waals surface area contributed by atoms with Gasteiger partial charge in [-0.2, -0.15) is 4.80 Å². The van der Waals surface area contributed by atoms with Crippen LogP contribution in [0.25, 0.3) is 0 Å². The minimum absolute atomic E-state index is 0.180. The van der Waals surface area contributed by atoms with Crippen molar-refractivity contribution < 1.29 is 9.53 Å². The van der Waals surface area contributed by atoms with Gasteiger partial charge in [-0.25, -0.2) is 0 Å². The van der Waals surface area contributed by atoms with Crippen LogP contribution in [0.1, 0.15) is 110 Å². The molecule has 0 unspecified atom stereocenters. The molecule has 6 nitrogen and oxygen atoms in total. The summed E-state index contributed by atoms with van der Waals surface area (Å²) in [6, 6.07) is 0. The molecule has 2 rings (SSSR count). The average Bonchev–Trinajstić information content (AvgIpc) is 3.33. The maximum absolute atomic E-state index is 12.5. The second-order valence-corrected chi connectivity index (χ2v) is 7.90. The third-order valence-electron chi connectivity index (χ3n) is 5.72. The summed E-state index contributed by atoms with van der Waals surface area (Å²) in [6.07, 6.45) is 16.7. The number of tetrazole rings is 1. The Morgan fingerprint density at radius 2 is 1.56 bits per heavy atom. The number of carbonyl (C=O) groups is 1. The smallest absolute Gasteiger partial charge is 0.319 e. The van der Waals surface area contributed by atoms with Gasteiger partial charge in [0.2, 0.25) is 0 Å². The Morgan fingerprint density at radius 3 is 2.15 bits per heavy atom. The van der Waals surface area contributed by atoms with Gasteiger partial charge in [-0.3, -0.25) is 4.79 Å². The number of ether oxygens (including phenoxy) is 1. The SMILES string of the molecule is CCCCCCCCCCCCn1nnc(C2(C(=O)OCC)CCCC2)n1. The van der Waals surface area contributed by atoms with Gasteiger partial charge in [0.25, 0.3) is 0 Å². The molecule has 0 aromatic carbocycles. The van der Waals surface area contributed by atoms with Crippen LogP contribution >= 0.6 is 0 Å². The van der Waals surface area contributed by atoms with Gasteiger partial charge in [-0.1, -0.05) is 77.6 Å². The van der Waals surface area contributed by atoms with Crippen LogP contribution in [0.5, 0.6) is 0 Å². The minimum atomic E-state index is -0.661. The van der Waals surface area contributed by atoms with Crippen molar-refractivity contribution in [3.05, 3.63) is 5.82 Å². The largest absolute Gasteiger partial charge is 0.465 e. The zero-order valence-electron chi connectivity index (χ0n) is 17.4. The summed E-state index contributed by atoms with van der Waals surface area (Å²) in [5.41, 5.74) is -0.661. The predicted molar refractivity (Wildman–Crippen MR) is 106 cm³/mol. The van der Waals surface area contributed by atoms with Crippen LogP contribution in [-0.2, 0) is 21.5 Å². The Bertz CT molecular complexity index is 538. The van der Waals surface area contributed by atoms with Gasteiger partial charge < -0.3 is 4.74 Å². The first-order valence-electron chi connectivity index (χ1n) is 11.2. The minimum Gasteiger partial charge on any atom is -0.465 e. The first-order chi connectivity index (χ1) is 13.2.